The van der Waals surface area contributed by atoms with Crippen molar-refractivity contribution < 1.29 is 41.0 Å². The predicted molar refractivity (Wildman–Crippen MR) is 125 cm³/mol. The van der Waals surface area contributed by atoms with Crippen LogP contribution in [0.5, 0.6) is 17.2 Å². The molecule has 0 radical (unpaired) electrons. The molecule has 1 N–H and O–H groups in total. The van der Waals surface area contributed by atoms with E-state index in [9.17, 15) is 31.5 Å². The van der Waals surface area contributed by atoms with Crippen LogP contribution < -0.4 is 9.47 Å². The number of halogens is 3. The molecule has 1 aromatic heterocycles. The monoisotopic (exact) mass is 519 g/mol. The van der Waals surface area contributed by atoms with Crippen LogP contribution in [0.1, 0.15) is 27.2 Å². The summed E-state index contributed by atoms with van der Waals surface area (Å²) in [5.41, 5.74) is 0.330. The molecule has 3 aromatic carbocycles. The number of phenols is 1. The minimum absolute atomic E-state index is 0.0463. The maximum atomic E-state index is 13.6. The van der Waals surface area contributed by atoms with Gasteiger partial charge in [0.25, 0.3) is 10.0 Å². The van der Waals surface area contributed by atoms with E-state index in [2.05, 4.69) is 4.74 Å². The highest BCUT2D eigenvalue weighted by molar-refractivity contribution is 7.90. The third-order valence-electron chi connectivity index (χ3n) is 5.59. The van der Waals surface area contributed by atoms with Gasteiger partial charge in [0.15, 0.2) is 5.78 Å². The van der Waals surface area contributed by atoms with Gasteiger partial charge in [-0.25, -0.2) is 12.4 Å². The van der Waals surface area contributed by atoms with E-state index < -0.39 is 33.7 Å². The molecule has 0 saturated heterocycles. The van der Waals surface area contributed by atoms with Gasteiger partial charge < -0.3 is 14.6 Å². The molecule has 0 unspecified atom stereocenters. The van der Waals surface area contributed by atoms with Gasteiger partial charge in [-0.15, -0.1) is 13.2 Å². The average Bonchev–Trinajstić information content (AvgIpc) is 3.09. The Morgan fingerprint density at radius 2 is 1.58 bits per heavy atom. The molecule has 0 saturated carbocycles. The second-order valence-corrected chi connectivity index (χ2v) is 9.77. The molecule has 4 rings (SSSR count). The number of rotatable bonds is 6. The van der Waals surface area contributed by atoms with Crippen LogP contribution in [0.4, 0.5) is 13.2 Å². The van der Waals surface area contributed by atoms with E-state index in [-0.39, 0.29) is 32.6 Å². The minimum Gasteiger partial charge on any atom is -0.507 e. The number of ketones is 1. The summed E-state index contributed by atoms with van der Waals surface area (Å²) in [7, 11) is -2.96. The standard InChI is InChI=1S/C25H20F3NO6S/c1-14-4-8-18(9-5-14)36(32,33)29-15(2)23(24(31)20-11-6-16(34-3)13-22(20)30)19-10-7-17(12-21(19)29)35-25(26,27)28/h4-13,30H,1-3H3. The summed E-state index contributed by atoms with van der Waals surface area (Å²) < 4.78 is 75.7. The summed E-state index contributed by atoms with van der Waals surface area (Å²) in [5.74, 6) is -1.49. The van der Waals surface area contributed by atoms with E-state index in [1.165, 1.54) is 50.4 Å². The molecule has 36 heavy (non-hydrogen) atoms. The van der Waals surface area contributed by atoms with E-state index >= 15 is 0 Å². The Morgan fingerprint density at radius 3 is 2.17 bits per heavy atom. The van der Waals surface area contributed by atoms with E-state index in [1.54, 1.807) is 19.1 Å². The Labute approximate surface area is 204 Å². The zero-order valence-electron chi connectivity index (χ0n) is 19.3. The zero-order chi connectivity index (χ0) is 26.4. The number of fused-ring (bicyclic) bond motifs is 1. The highest BCUT2D eigenvalue weighted by Gasteiger charge is 2.33. The van der Waals surface area contributed by atoms with Crippen LogP contribution in [-0.4, -0.2) is 36.8 Å². The zero-order valence-corrected chi connectivity index (χ0v) is 20.1. The summed E-state index contributed by atoms with van der Waals surface area (Å²) in [6.07, 6.45) is -5.01. The fourth-order valence-electron chi connectivity index (χ4n) is 3.94. The molecule has 0 amide bonds. The summed E-state index contributed by atoms with van der Waals surface area (Å²) in [6.45, 7) is 3.13. The van der Waals surface area contributed by atoms with Gasteiger partial charge in [-0.2, -0.15) is 0 Å². The molecular formula is C25H20F3NO6S. The lowest BCUT2D eigenvalue weighted by Gasteiger charge is -2.12. The van der Waals surface area contributed by atoms with Crippen molar-refractivity contribution in [1.29, 1.82) is 0 Å². The number of carbonyl (C=O) groups excluding carboxylic acids is 1. The summed E-state index contributed by atoms with van der Waals surface area (Å²) >= 11 is 0. The third-order valence-corrected chi connectivity index (χ3v) is 7.41. The van der Waals surface area contributed by atoms with Gasteiger partial charge in [0, 0.05) is 23.2 Å². The highest BCUT2D eigenvalue weighted by Crippen LogP contribution is 2.36. The number of nitrogens with zero attached hydrogens (tertiary/aromatic N) is 1. The van der Waals surface area contributed by atoms with Gasteiger partial charge in [-0.1, -0.05) is 17.7 Å². The van der Waals surface area contributed by atoms with E-state index in [0.29, 0.717) is 5.75 Å². The Morgan fingerprint density at radius 1 is 0.944 bits per heavy atom. The number of aryl methyl sites for hydroxylation is 1. The molecule has 0 aliphatic carbocycles. The topological polar surface area (TPSA) is 94.8 Å². The Hall–Kier alpha value is -3.99. The Balaban J connectivity index is 2.00. The smallest absolute Gasteiger partial charge is 0.507 e. The number of hydrogen-bond acceptors (Lipinski definition) is 6. The normalized spacial score (nSPS) is 12.1. The first-order valence-electron chi connectivity index (χ1n) is 10.5. The fourth-order valence-corrected chi connectivity index (χ4v) is 5.49. The summed E-state index contributed by atoms with van der Waals surface area (Å²) in [6, 6.07) is 12.9. The number of phenolic OH excluding ortho intramolecular Hbond substituents is 1. The van der Waals surface area contributed by atoms with Crippen LogP contribution in [0.25, 0.3) is 10.9 Å². The van der Waals surface area contributed by atoms with Gasteiger partial charge in [-0.3, -0.25) is 4.79 Å². The van der Waals surface area contributed by atoms with Crippen molar-refractivity contribution >= 4 is 26.7 Å². The maximum absolute atomic E-state index is 13.6. The molecule has 0 aliphatic rings. The first kappa shape index (κ1) is 25.1. The van der Waals surface area contributed by atoms with E-state index in [4.69, 9.17) is 4.74 Å². The van der Waals surface area contributed by atoms with Crippen molar-refractivity contribution in [3.05, 3.63) is 83.0 Å². The lowest BCUT2D eigenvalue weighted by atomic mass is 9.99. The molecule has 188 valence electrons. The number of benzene rings is 3. The van der Waals surface area contributed by atoms with E-state index in [1.807, 2.05) is 0 Å². The highest BCUT2D eigenvalue weighted by atomic mass is 32.2. The molecule has 0 spiro atoms. The molecule has 0 atom stereocenters. The van der Waals surface area contributed by atoms with Gasteiger partial charge >= 0.3 is 6.36 Å². The van der Waals surface area contributed by atoms with Gasteiger partial charge in [-0.05, 0) is 50.2 Å². The number of carbonyl (C=O) groups is 1. The Bertz CT molecular complexity index is 1590. The van der Waals surface area contributed by atoms with E-state index in [0.717, 1.165) is 21.7 Å². The van der Waals surface area contributed by atoms with Crippen LogP contribution in [0.15, 0.2) is 65.6 Å². The number of methoxy groups -OCH3 is 1. The van der Waals surface area contributed by atoms with Gasteiger partial charge in [0.2, 0.25) is 0 Å². The second kappa shape index (κ2) is 8.90. The number of alkyl halides is 3. The first-order valence-corrected chi connectivity index (χ1v) is 11.9. The molecule has 11 heteroatoms. The first-order chi connectivity index (χ1) is 16.8. The molecule has 1 heterocycles. The predicted octanol–water partition coefficient (Wildman–Crippen LogP) is 5.34. The van der Waals surface area contributed by atoms with Crippen molar-refractivity contribution in [2.45, 2.75) is 25.1 Å². The summed E-state index contributed by atoms with van der Waals surface area (Å²) in [4.78, 5) is 13.4. The fraction of sp³-hybridized carbons (Fsp3) is 0.160. The van der Waals surface area contributed by atoms with Crippen molar-refractivity contribution in [2.75, 3.05) is 7.11 Å². The van der Waals surface area contributed by atoms with Gasteiger partial charge in [0.05, 0.1) is 28.6 Å². The quantitative estimate of drug-likeness (QED) is 0.346. The lowest BCUT2D eigenvalue weighted by Crippen LogP contribution is -2.17. The van der Waals surface area contributed by atoms with Crippen LogP contribution in [0.3, 0.4) is 0 Å². The lowest BCUT2D eigenvalue weighted by molar-refractivity contribution is -0.274. The average molecular weight is 519 g/mol. The molecule has 4 aromatic rings. The number of aromatic nitrogens is 1. The molecule has 0 bridgehead atoms. The minimum atomic E-state index is -5.01. The van der Waals surface area contributed by atoms with Crippen LogP contribution in [0.2, 0.25) is 0 Å². The van der Waals surface area contributed by atoms with Crippen LogP contribution >= 0.6 is 0 Å². The molecule has 0 fully saturated rings. The van der Waals surface area contributed by atoms with Crippen molar-refractivity contribution in [3.8, 4) is 17.2 Å². The number of aromatic hydroxyl groups is 1. The van der Waals surface area contributed by atoms with Crippen LogP contribution in [-0.2, 0) is 10.0 Å². The second-order valence-electron chi connectivity index (χ2n) is 7.98. The Kier molecular flexibility index (Phi) is 6.21. The maximum Gasteiger partial charge on any atom is 0.573 e. The largest absolute Gasteiger partial charge is 0.573 e. The molecule has 0 aliphatic heterocycles. The van der Waals surface area contributed by atoms with Crippen molar-refractivity contribution in [1.82, 2.24) is 3.97 Å². The molecular weight excluding hydrogens is 499 g/mol. The van der Waals surface area contributed by atoms with Crippen LogP contribution in [0, 0.1) is 13.8 Å². The van der Waals surface area contributed by atoms with Gasteiger partial charge in [0.1, 0.15) is 17.2 Å². The number of hydrogen-bond donors (Lipinski definition) is 1. The summed E-state index contributed by atoms with van der Waals surface area (Å²) in [5, 5.41) is 10.5. The third kappa shape index (κ3) is 4.49. The molecule has 7 nitrogen and oxygen atoms in total. The SMILES string of the molecule is COc1ccc(C(=O)c2c(C)n(S(=O)(=O)c3ccc(C)cc3)c3cc(OC(F)(F)F)ccc23)c(O)c1. The van der Waals surface area contributed by atoms with Crippen molar-refractivity contribution in [2.24, 2.45) is 0 Å². The van der Waals surface area contributed by atoms with Crippen molar-refractivity contribution in [3.63, 3.8) is 0 Å². The number of ether oxygens (including phenoxy) is 2.